The lowest BCUT2D eigenvalue weighted by atomic mass is 10.2. The maximum Gasteiger partial charge on any atom is 0.534 e. The van der Waals surface area contributed by atoms with Crippen LogP contribution in [0.4, 0.5) is 26.3 Å². The van der Waals surface area contributed by atoms with Gasteiger partial charge in [0.1, 0.15) is 11.3 Å². The highest BCUT2D eigenvalue weighted by Crippen LogP contribution is 2.34. The van der Waals surface area contributed by atoms with Crippen LogP contribution in [0, 0.1) is 0 Å². The van der Waals surface area contributed by atoms with Gasteiger partial charge in [0.2, 0.25) is 0 Å². The molecule has 0 bridgehead atoms. The SMILES string of the molecule is COC(=O)c1ccc(OS(=O)(=O)C(F)(F)F)cc1OS(=O)(=O)C(F)(F)F. The number of ether oxygens (including phenoxy) is 1. The lowest BCUT2D eigenvalue weighted by Gasteiger charge is -2.14. The number of hydrogen-bond donors (Lipinski definition) is 0. The van der Waals surface area contributed by atoms with Gasteiger partial charge in [0.25, 0.3) is 0 Å². The van der Waals surface area contributed by atoms with Gasteiger partial charge in [-0.2, -0.15) is 43.2 Å². The zero-order valence-electron chi connectivity index (χ0n) is 12.1. The van der Waals surface area contributed by atoms with E-state index in [1.54, 1.807) is 0 Å². The summed E-state index contributed by atoms with van der Waals surface area (Å²) in [6, 6.07) is 0.899. The lowest BCUT2D eigenvalue weighted by Crippen LogP contribution is -2.29. The third-order valence-corrected chi connectivity index (χ3v) is 4.28. The van der Waals surface area contributed by atoms with Crippen molar-refractivity contribution in [3.8, 4) is 11.5 Å². The molecule has 0 aromatic heterocycles. The largest absolute Gasteiger partial charge is 0.534 e. The number of hydrogen-bond acceptors (Lipinski definition) is 8. The number of carbonyl (C=O) groups is 1. The maximum atomic E-state index is 12.4. The Morgan fingerprint density at radius 3 is 1.77 bits per heavy atom. The van der Waals surface area contributed by atoms with Crippen LogP contribution in [-0.2, 0) is 25.0 Å². The predicted octanol–water partition coefficient (Wildman–Crippen LogP) is 1.93. The first kappa shape index (κ1) is 21.8. The molecule has 0 aliphatic carbocycles. The van der Waals surface area contributed by atoms with E-state index in [0.29, 0.717) is 12.1 Å². The molecule has 0 amide bonds. The molecule has 26 heavy (non-hydrogen) atoms. The van der Waals surface area contributed by atoms with Gasteiger partial charge in [-0.3, -0.25) is 0 Å². The maximum absolute atomic E-state index is 12.4. The molecule has 0 fully saturated rings. The van der Waals surface area contributed by atoms with Gasteiger partial charge < -0.3 is 13.1 Å². The second-order valence-electron chi connectivity index (χ2n) is 4.12. The number of esters is 1. The van der Waals surface area contributed by atoms with E-state index in [2.05, 4.69) is 13.1 Å². The summed E-state index contributed by atoms with van der Waals surface area (Å²) >= 11 is 0. The predicted molar refractivity (Wildman–Crippen MR) is 69.0 cm³/mol. The smallest absolute Gasteiger partial charge is 0.465 e. The van der Waals surface area contributed by atoms with E-state index in [9.17, 15) is 48.0 Å². The van der Waals surface area contributed by atoms with Crippen LogP contribution < -0.4 is 8.37 Å². The Balaban J connectivity index is 3.44. The average Bonchev–Trinajstić information content (AvgIpc) is 2.43. The van der Waals surface area contributed by atoms with Crippen LogP contribution in [0.25, 0.3) is 0 Å². The fourth-order valence-corrected chi connectivity index (χ4v) is 2.16. The molecule has 0 aliphatic rings. The van der Waals surface area contributed by atoms with Crippen molar-refractivity contribution in [1.29, 1.82) is 0 Å². The van der Waals surface area contributed by atoms with Crippen molar-refractivity contribution in [3.63, 3.8) is 0 Å². The fraction of sp³-hybridized carbons (Fsp3) is 0.300. The summed E-state index contributed by atoms with van der Waals surface area (Å²) in [6.07, 6.45) is 0. The molecule has 0 N–H and O–H groups in total. The molecule has 8 nitrogen and oxygen atoms in total. The van der Waals surface area contributed by atoms with Crippen LogP contribution in [0.3, 0.4) is 0 Å². The minimum absolute atomic E-state index is 0.0266. The van der Waals surface area contributed by atoms with Gasteiger partial charge >= 0.3 is 37.2 Å². The van der Waals surface area contributed by atoms with Crippen LogP contribution in [-0.4, -0.2) is 40.9 Å². The van der Waals surface area contributed by atoms with E-state index >= 15 is 0 Å². The molecule has 1 rings (SSSR count). The fourth-order valence-electron chi connectivity index (χ4n) is 1.24. The highest BCUT2D eigenvalue weighted by Gasteiger charge is 2.50. The molecule has 16 heteroatoms. The van der Waals surface area contributed by atoms with Crippen LogP contribution in [0.2, 0.25) is 0 Å². The molecule has 0 saturated carbocycles. The molecule has 148 valence electrons. The highest BCUT2D eigenvalue weighted by molar-refractivity contribution is 7.88. The normalized spacial score (nSPS) is 13.2. The van der Waals surface area contributed by atoms with Crippen LogP contribution in [0.15, 0.2) is 18.2 Å². The first-order valence-electron chi connectivity index (χ1n) is 5.75. The molecule has 1 aromatic rings. The summed E-state index contributed by atoms with van der Waals surface area (Å²) in [5.41, 5.74) is -12.8. The first-order chi connectivity index (χ1) is 11.5. The van der Waals surface area contributed by atoms with Gasteiger partial charge in [0.15, 0.2) is 5.75 Å². The van der Waals surface area contributed by atoms with Gasteiger partial charge in [-0.15, -0.1) is 0 Å². The quantitative estimate of drug-likeness (QED) is 0.300. The van der Waals surface area contributed by atoms with Crippen molar-refractivity contribution in [2.24, 2.45) is 0 Å². The van der Waals surface area contributed by atoms with E-state index in [-0.39, 0.29) is 6.07 Å². The summed E-state index contributed by atoms with van der Waals surface area (Å²) in [4.78, 5) is 11.4. The molecule has 0 aliphatic heterocycles. The van der Waals surface area contributed by atoms with E-state index in [1.165, 1.54) is 0 Å². The highest BCUT2D eigenvalue weighted by atomic mass is 32.2. The van der Waals surface area contributed by atoms with Gasteiger partial charge in [-0.05, 0) is 12.1 Å². The third-order valence-electron chi connectivity index (χ3n) is 2.33. The van der Waals surface area contributed by atoms with Crippen molar-refractivity contribution in [2.45, 2.75) is 11.0 Å². The summed E-state index contributed by atoms with van der Waals surface area (Å²) in [5, 5.41) is 0. The lowest BCUT2D eigenvalue weighted by molar-refractivity contribution is -0.0502. The number of benzene rings is 1. The number of halogens is 6. The molecule has 1 aromatic carbocycles. The average molecular weight is 432 g/mol. The van der Waals surface area contributed by atoms with Crippen molar-refractivity contribution in [2.75, 3.05) is 7.11 Å². The zero-order chi connectivity index (χ0) is 20.6. The standard InChI is InChI=1S/C10H6F6O8S2/c1-22-8(17)6-3-2-5(23-25(18,19)9(11,12)13)4-7(6)24-26(20,21)10(14,15)16/h2-4H,1H3. The molecule has 0 atom stereocenters. The minimum atomic E-state index is -6.34. The van der Waals surface area contributed by atoms with Gasteiger partial charge in [0.05, 0.1) is 7.11 Å². The Hall–Kier alpha value is -2.23. The van der Waals surface area contributed by atoms with Gasteiger partial charge in [-0.25, -0.2) is 4.79 Å². The number of methoxy groups -OCH3 is 1. The van der Waals surface area contributed by atoms with E-state index in [0.717, 1.165) is 7.11 Å². The molecule has 0 spiro atoms. The monoisotopic (exact) mass is 432 g/mol. The van der Waals surface area contributed by atoms with Crippen LogP contribution in [0.5, 0.6) is 11.5 Å². The summed E-state index contributed by atoms with van der Waals surface area (Å²) in [7, 11) is -11.8. The van der Waals surface area contributed by atoms with Crippen molar-refractivity contribution in [3.05, 3.63) is 23.8 Å². The Kier molecular flexibility index (Phi) is 5.72. The molecule has 0 heterocycles. The van der Waals surface area contributed by atoms with Gasteiger partial charge in [-0.1, -0.05) is 0 Å². The van der Waals surface area contributed by atoms with E-state index in [1.807, 2.05) is 0 Å². The Bertz CT molecular complexity index is 900. The zero-order valence-corrected chi connectivity index (χ0v) is 13.7. The Labute approximate surface area is 141 Å². The van der Waals surface area contributed by atoms with Crippen LogP contribution >= 0.6 is 0 Å². The van der Waals surface area contributed by atoms with Gasteiger partial charge in [0, 0.05) is 6.07 Å². The molecule has 0 saturated heterocycles. The summed E-state index contributed by atoms with van der Waals surface area (Å²) in [6.45, 7) is 0. The topological polar surface area (TPSA) is 113 Å². The molecular formula is C10H6F6O8S2. The number of rotatable bonds is 5. The van der Waals surface area contributed by atoms with E-state index < -0.39 is 54.3 Å². The second kappa shape index (κ2) is 6.82. The molecular weight excluding hydrogens is 426 g/mol. The van der Waals surface area contributed by atoms with Crippen molar-refractivity contribution < 1.29 is 61.1 Å². The third kappa shape index (κ3) is 4.69. The van der Waals surface area contributed by atoms with Crippen molar-refractivity contribution >= 4 is 26.2 Å². The second-order valence-corrected chi connectivity index (χ2v) is 7.19. The van der Waals surface area contributed by atoms with Crippen molar-refractivity contribution in [1.82, 2.24) is 0 Å². The first-order valence-corrected chi connectivity index (χ1v) is 8.57. The molecule has 0 unspecified atom stereocenters. The molecule has 0 radical (unpaired) electrons. The Morgan fingerprint density at radius 2 is 1.35 bits per heavy atom. The number of alkyl halides is 6. The summed E-state index contributed by atoms with van der Waals surface area (Å²) < 4.78 is 129. The minimum Gasteiger partial charge on any atom is -0.465 e. The number of carbonyl (C=O) groups excluding carboxylic acids is 1. The van der Waals surface area contributed by atoms with Crippen LogP contribution in [0.1, 0.15) is 10.4 Å². The Morgan fingerprint density at radius 1 is 0.885 bits per heavy atom. The van der Waals surface area contributed by atoms with E-state index in [4.69, 9.17) is 0 Å². The summed E-state index contributed by atoms with van der Waals surface area (Å²) in [5.74, 6) is -4.17.